The van der Waals surface area contributed by atoms with E-state index >= 15 is 0 Å². The lowest BCUT2D eigenvalue weighted by Crippen LogP contribution is -2.43. The minimum absolute atomic E-state index is 0.197. The van der Waals surface area contributed by atoms with Crippen molar-refractivity contribution in [2.75, 3.05) is 6.54 Å². The van der Waals surface area contributed by atoms with E-state index in [-0.39, 0.29) is 12.1 Å². The average molecular weight is 310 g/mol. The molecule has 0 spiro atoms. The summed E-state index contributed by atoms with van der Waals surface area (Å²) in [4.78, 5) is 11.8. The van der Waals surface area contributed by atoms with Crippen LogP contribution in [0.25, 0.3) is 0 Å². The van der Waals surface area contributed by atoms with E-state index in [0.29, 0.717) is 12.5 Å². The summed E-state index contributed by atoms with van der Waals surface area (Å²) < 4.78 is 7.12. The predicted molar refractivity (Wildman–Crippen MR) is 87.5 cm³/mol. The second-order valence-electron chi connectivity index (χ2n) is 7.04. The zero-order valence-electron chi connectivity index (χ0n) is 14.6. The maximum atomic E-state index is 11.8. The Morgan fingerprint density at radius 3 is 2.59 bits per heavy atom. The van der Waals surface area contributed by atoms with Crippen LogP contribution in [0, 0.1) is 5.92 Å². The van der Waals surface area contributed by atoms with Crippen molar-refractivity contribution in [1.29, 1.82) is 0 Å². The fourth-order valence-electron chi connectivity index (χ4n) is 2.15. The number of aryl methyl sites for hydroxylation is 1. The van der Waals surface area contributed by atoms with Crippen molar-refractivity contribution < 1.29 is 9.53 Å². The Balaban J connectivity index is 2.47. The summed E-state index contributed by atoms with van der Waals surface area (Å²) in [6.45, 7) is 11.2. The van der Waals surface area contributed by atoms with Crippen LogP contribution in [0.3, 0.4) is 0 Å². The van der Waals surface area contributed by atoms with Crippen molar-refractivity contribution in [1.82, 2.24) is 20.4 Å². The number of aromatic nitrogens is 2. The number of amides is 1. The number of hydrogen-bond donors (Lipinski definition) is 2. The first-order chi connectivity index (χ1) is 10.2. The molecule has 0 radical (unpaired) electrons. The monoisotopic (exact) mass is 310 g/mol. The fourth-order valence-corrected chi connectivity index (χ4v) is 2.15. The van der Waals surface area contributed by atoms with Gasteiger partial charge in [0.1, 0.15) is 5.60 Å². The van der Waals surface area contributed by atoms with E-state index in [4.69, 9.17) is 4.74 Å². The van der Waals surface area contributed by atoms with Crippen LogP contribution >= 0.6 is 0 Å². The van der Waals surface area contributed by atoms with Gasteiger partial charge < -0.3 is 15.4 Å². The third-order valence-electron chi connectivity index (χ3n) is 3.14. The molecule has 0 aromatic carbocycles. The van der Waals surface area contributed by atoms with Crippen LogP contribution in [0.15, 0.2) is 12.3 Å². The van der Waals surface area contributed by atoms with Gasteiger partial charge in [-0.25, -0.2) is 4.79 Å². The summed E-state index contributed by atoms with van der Waals surface area (Å²) in [5.74, 6) is 0.546. The first-order valence-corrected chi connectivity index (χ1v) is 7.84. The molecule has 1 atom stereocenters. The van der Waals surface area contributed by atoms with Crippen molar-refractivity contribution in [3.05, 3.63) is 18.0 Å². The number of nitrogens with one attached hydrogen (secondary N) is 2. The van der Waals surface area contributed by atoms with Gasteiger partial charge in [-0.3, -0.25) is 4.68 Å². The van der Waals surface area contributed by atoms with Crippen LogP contribution in [-0.2, 0) is 18.3 Å². The van der Waals surface area contributed by atoms with Crippen LogP contribution in [0.5, 0.6) is 0 Å². The van der Waals surface area contributed by atoms with Gasteiger partial charge in [-0.05, 0) is 39.2 Å². The van der Waals surface area contributed by atoms with Crippen LogP contribution in [0.2, 0.25) is 0 Å². The molecular formula is C16H30N4O2. The molecule has 1 heterocycles. The molecular weight excluding hydrogens is 280 g/mol. The van der Waals surface area contributed by atoms with Gasteiger partial charge >= 0.3 is 6.09 Å². The molecule has 0 aliphatic heterocycles. The normalized spacial score (nSPS) is 13.2. The van der Waals surface area contributed by atoms with Gasteiger partial charge in [-0.2, -0.15) is 5.10 Å². The molecule has 22 heavy (non-hydrogen) atoms. The number of rotatable bonds is 7. The lowest BCUT2D eigenvalue weighted by molar-refractivity contribution is 0.0520. The summed E-state index contributed by atoms with van der Waals surface area (Å²) in [6.07, 6.45) is 2.39. The van der Waals surface area contributed by atoms with Crippen molar-refractivity contribution in [3.63, 3.8) is 0 Å². The molecule has 1 unspecified atom stereocenters. The van der Waals surface area contributed by atoms with E-state index in [2.05, 4.69) is 29.6 Å². The van der Waals surface area contributed by atoms with Crippen LogP contribution in [0.1, 0.15) is 46.7 Å². The maximum Gasteiger partial charge on any atom is 0.407 e. The maximum absolute atomic E-state index is 11.8. The molecule has 2 N–H and O–H groups in total. The highest BCUT2D eigenvalue weighted by atomic mass is 16.6. The molecule has 1 aromatic rings. The Hall–Kier alpha value is -1.56. The van der Waals surface area contributed by atoms with Crippen molar-refractivity contribution in [3.8, 4) is 0 Å². The molecule has 0 bridgehead atoms. The Morgan fingerprint density at radius 1 is 1.41 bits per heavy atom. The van der Waals surface area contributed by atoms with E-state index in [1.165, 1.54) is 0 Å². The van der Waals surface area contributed by atoms with E-state index in [1.807, 2.05) is 38.6 Å². The van der Waals surface area contributed by atoms with Crippen molar-refractivity contribution in [2.24, 2.45) is 13.0 Å². The number of alkyl carbamates (subject to hydrolysis) is 1. The smallest absolute Gasteiger partial charge is 0.407 e. The molecule has 0 aliphatic carbocycles. The lowest BCUT2D eigenvalue weighted by atomic mass is 10.0. The van der Waals surface area contributed by atoms with Gasteiger partial charge in [0.25, 0.3) is 0 Å². The highest BCUT2D eigenvalue weighted by Gasteiger charge is 2.18. The first-order valence-electron chi connectivity index (χ1n) is 7.84. The molecule has 0 saturated carbocycles. The van der Waals surface area contributed by atoms with Gasteiger partial charge in [-0.1, -0.05) is 13.8 Å². The van der Waals surface area contributed by atoms with Gasteiger partial charge in [0.2, 0.25) is 0 Å². The van der Waals surface area contributed by atoms with E-state index in [9.17, 15) is 4.79 Å². The molecule has 6 nitrogen and oxygen atoms in total. The molecule has 6 heteroatoms. The third kappa shape index (κ3) is 7.45. The van der Waals surface area contributed by atoms with E-state index in [0.717, 1.165) is 18.7 Å². The standard InChI is InChI=1S/C16H30N4O2/c1-12(2)9-13(10-18-15(21)22-16(3,4)5)17-11-14-7-8-19-20(14)6/h7-8,12-13,17H,9-11H2,1-6H3,(H,18,21). The number of hydrogen-bond acceptors (Lipinski definition) is 4. The van der Waals surface area contributed by atoms with Crippen LogP contribution in [-0.4, -0.2) is 34.1 Å². The third-order valence-corrected chi connectivity index (χ3v) is 3.14. The van der Waals surface area contributed by atoms with Gasteiger partial charge in [0.05, 0.1) is 5.69 Å². The van der Waals surface area contributed by atoms with Gasteiger partial charge in [0.15, 0.2) is 0 Å². The quantitative estimate of drug-likeness (QED) is 0.812. The van der Waals surface area contributed by atoms with Crippen molar-refractivity contribution in [2.45, 2.75) is 59.2 Å². The van der Waals surface area contributed by atoms with Crippen LogP contribution in [0.4, 0.5) is 4.79 Å². The molecule has 0 saturated heterocycles. The second-order valence-corrected chi connectivity index (χ2v) is 7.04. The summed E-state index contributed by atoms with van der Waals surface area (Å²) in [7, 11) is 1.92. The van der Waals surface area contributed by atoms with Gasteiger partial charge in [-0.15, -0.1) is 0 Å². The van der Waals surface area contributed by atoms with E-state index in [1.54, 1.807) is 6.20 Å². The second kappa shape index (κ2) is 8.17. The number of nitrogens with zero attached hydrogens (tertiary/aromatic N) is 2. The molecule has 1 aromatic heterocycles. The Bertz CT molecular complexity index is 463. The zero-order valence-corrected chi connectivity index (χ0v) is 14.6. The summed E-state index contributed by atoms with van der Waals surface area (Å²) in [5, 5.41) is 10.5. The Labute approximate surface area is 133 Å². The summed E-state index contributed by atoms with van der Waals surface area (Å²) in [6, 6.07) is 2.18. The lowest BCUT2D eigenvalue weighted by Gasteiger charge is -2.23. The predicted octanol–water partition coefficient (Wildman–Crippen LogP) is 2.45. The summed E-state index contributed by atoms with van der Waals surface area (Å²) >= 11 is 0. The first kappa shape index (κ1) is 18.5. The largest absolute Gasteiger partial charge is 0.444 e. The molecule has 1 amide bonds. The average Bonchev–Trinajstić information content (AvgIpc) is 2.75. The SMILES string of the molecule is CC(C)CC(CNC(=O)OC(C)(C)C)NCc1ccnn1C. The topological polar surface area (TPSA) is 68.2 Å². The minimum atomic E-state index is -0.472. The molecule has 126 valence electrons. The molecule has 0 fully saturated rings. The highest BCUT2D eigenvalue weighted by molar-refractivity contribution is 5.67. The van der Waals surface area contributed by atoms with Gasteiger partial charge in [0, 0.05) is 32.4 Å². The van der Waals surface area contributed by atoms with Crippen LogP contribution < -0.4 is 10.6 Å². The van der Waals surface area contributed by atoms with Crippen molar-refractivity contribution >= 4 is 6.09 Å². The Morgan fingerprint density at radius 2 is 2.09 bits per heavy atom. The highest BCUT2D eigenvalue weighted by Crippen LogP contribution is 2.08. The Kier molecular flexibility index (Phi) is 6.87. The minimum Gasteiger partial charge on any atom is -0.444 e. The zero-order chi connectivity index (χ0) is 16.8. The number of ether oxygens (including phenoxy) is 1. The fraction of sp³-hybridized carbons (Fsp3) is 0.750. The van der Waals surface area contributed by atoms with E-state index < -0.39 is 5.60 Å². The number of carbonyl (C=O) groups excluding carboxylic acids is 1. The molecule has 1 rings (SSSR count). The molecule has 0 aliphatic rings. The number of carbonyl (C=O) groups is 1. The summed E-state index contributed by atoms with van der Waals surface area (Å²) in [5.41, 5.74) is 0.644.